The van der Waals surface area contributed by atoms with Gasteiger partial charge >= 0.3 is 5.97 Å². The Morgan fingerprint density at radius 2 is 2.18 bits per heavy atom. The van der Waals surface area contributed by atoms with E-state index in [2.05, 4.69) is 4.99 Å². The van der Waals surface area contributed by atoms with E-state index >= 15 is 0 Å². The van der Waals surface area contributed by atoms with E-state index < -0.39 is 12.0 Å². The molecule has 64 valence electrons. The van der Waals surface area contributed by atoms with Crippen LogP contribution in [0, 0.1) is 5.92 Å². The number of carboxylic acid groups (broad SMARTS) is 1. The Kier molecular flexibility index (Phi) is 4.50. The molecule has 0 saturated heterocycles. The summed E-state index contributed by atoms with van der Waals surface area (Å²) >= 11 is 0. The van der Waals surface area contributed by atoms with Gasteiger partial charge in [-0.05, 0) is 25.5 Å². The zero-order valence-electron chi connectivity index (χ0n) is 7.24. The Morgan fingerprint density at radius 3 is 2.45 bits per heavy atom. The molecule has 0 amide bonds. The highest BCUT2D eigenvalue weighted by Gasteiger charge is 2.15. The summed E-state index contributed by atoms with van der Waals surface area (Å²) in [5, 5.41) is 8.64. The molecule has 11 heavy (non-hydrogen) atoms. The number of nitrogens with zero attached hydrogens (tertiary/aromatic N) is 1. The summed E-state index contributed by atoms with van der Waals surface area (Å²) in [6.07, 6.45) is 2.15. The number of carboxylic acids is 1. The van der Waals surface area contributed by atoms with Crippen LogP contribution in [0.15, 0.2) is 4.99 Å². The van der Waals surface area contributed by atoms with Gasteiger partial charge in [-0.15, -0.1) is 0 Å². The lowest BCUT2D eigenvalue weighted by molar-refractivity contribution is -0.138. The van der Waals surface area contributed by atoms with Gasteiger partial charge in [0.25, 0.3) is 0 Å². The van der Waals surface area contributed by atoms with Gasteiger partial charge in [0.2, 0.25) is 0 Å². The van der Waals surface area contributed by atoms with Gasteiger partial charge in [-0.3, -0.25) is 4.99 Å². The van der Waals surface area contributed by atoms with Crippen molar-refractivity contribution in [1.82, 2.24) is 0 Å². The van der Waals surface area contributed by atoms with Crippen LogP contribution in [0.4, 0.5) is 0 Å². The summed E-state index contributed by atoms with van der Waals surface area (Å²) in [5.41, 5.74) is 0. The topological polar surface area (TPSA) is 49.7 Å². The average Bonchev–Trinajstić information content (AvgIpc) is 1.86. The number of aliphatic carboxylic acids is 1. The molecule has 0 bridgehead atoms. The first-order valence-electron chi connectivity index (χ1n) is 3.78. The van der Waals surface area contributed by atoms with Crippen LogP contribution in [0.25, 0.3) is 0 Å². The van der Waals surface area contributed by atoms with Gasteiger partial charge in [-0.25, -0.2) is 4.79 Å². The predicted octanol–water partition coefficient (Wildman–Crippen LogP) is 1.58. The third kappa shape index (κ3) is 4.53. The number of hydrogen-bond acceptors (Lipinski definition) is 2. The van der Waals surface area contributed by atoms with Gasteiger partial charge in [0.05, 0.1) is 0 Å². The molecule has 0 radical (unpaired) electrons. The Labute approximate surface area is 67.1 Å². The molecule has 0 aliphatic carbocycles. The van der Waals surface area contributed by atoms with E-state index in [1.165, 1.54) is 0 Å². The quantitative estimate of drug-likeness (QED) is 0.630. The first-order chi connectivity index (χ1) is 5.07. The van der Waals surface area contributed by atoms with Crippen LogP contribution in [0.2, 0.25) is 0 Å². The molecule has 0 aliphatic heterocycles. The molecule has 0 heterocycles. The van der Waals surface area contributed by atoms with Gasteiger partial charge in [0.1, 0.15) is 6.04 Å². The summed E-state index contributed by atoms with van der Waals surface area (Å²) in [6, 6.07) is -0.556. The SMILES string of the molecule is C/C=N\C(CC(C)C)C(=O)O. The molecular weight excluding hydrogens is 142 g/mol. The molecule has 0 aromatic rings. The zero-order chi connectivity index (χ0) is 8.85. The van der Waals surface area contributed by atoms with Crippen LogP contribution in [-0.4, -0.2) is 23.3 Å². The monoisotopic (exact) mass is 157 g/mol. The van der Waals surface area contributed by atoms with Crippen molar-refractivity contribution in [2.24, 2.45) is 10.9 Å². The third-order valence-corrected chi connectivity index (χ3v) is 1.31. The van der Waals surface area contributed by atoms with Crippen molar-refractivity contribution in [3.05, 3.63) is 0 Å². The summed E-state index contributed by atoms with van der Waals surface area (Å²) in [6.45, 7) is 5.71. The smallest absolute Gasteiger partial charge is 0.328 e. The second-order valence-electron chi connectivity index (χ2n) is 2.89. The maximum Gasteiger partial charge on any atom is 0.328 e. The summed E-state index contributed by atoms with van der Waals surface area (Å²) < 4.78 is 0. The highest BCUT2D eigenvalue weighted by molar-refractivity contribution is 5.75. The molecule has 1 N–H and O–H groups in total. The Hall–Kier alpha value is -0.860. The minimum absolute atomic E-state index is 0.375. The minimum Gasteiger partial charge on any atom is -0.480 e. The Bertz CT molecular complexity index is 152. The normalized spacial score (nSPS) is 14.2. The van der Waals surface area contributed by atoms with Crippen molar-refractivity contribution in [1.29, 1.82) is 0 Å². The van der Waals surface area contributed by atoms with Crippen LogP contribution in [-0.2, 0) is 4.79 Å². The highest BCUT2D eigenvalue weighted by Crippen LogP contribution is 2.07. The highest BCUT2D eigenvalue weighted by atomic mass is 16.4. The maximum atomic E-state index is 10.5. The first kappa shape index (κ1) is 10.1. The molecule has 0 rings (SSSR count). The van der Waals surface area contributed by atoms with Crippen LogP contribution >= 0.6 is 0 Å². The Balaban J connectivity index is 4.00. The predicted molar refractivity (Wildman–Crippen MR) is 45.0 cm³/mol. The maximum absolute atomic E-state index is 10.5. The average molecular weight is 157 g/mol. The second-order valence-corrected chi connectivity index (χ2v) is 2.89. The van der Waals surface area contributed by atoms with Crippen molar-refractivity contribution in [2.75, 3.05) is 0 Å². The van der Waals surface area contributed by atoms with E-state index in [4.69, 9.17) is 5.11 Å². The molecule has 0 aliphatic rings. The molecule has 0 aromatic carbocycles. The molecule has 0 fully saturated rings. The van der Waals surface area contributed by atoms with Crippen LogP contribution in [0.1, 0.15) is 27.2 Å². The van der Waals surface area contributed by atoms with E-state index in [1.807, 2.05) is 13.8 Å². The Morgan fingerprint density at radius 1 is 1.64 bits per heavy atom. The van der Waals surface area contributed by atoms with E-state index in [-0.39, 0.29) is 0 Å². The van der Waals surface area contributed by atoms with Gasteiger partial charge < -0.3 is 5.11 Å². The molecule has 1 unspecified atom stereocenters. The summed E-state index contributed by atoms with van der Waals surface area (Å²) in [7, 11) is 0. The molecule has 3 nitrogen and oxygen atoms in total. The van der Waals surface area contributed by atoms with Crippen molar-refractivity contribution < 1.29 is 9.90 Å². The molecule has 3 heteroatoms. The van der Waals surface area contributed by atoms with Crippen LogP contribution in [0.5, 0.6) is 0 Å². The fourth-order valence-electron chi connectivity index (χ4n) is 0.852. The summed E-state index contributed by atoms with van der Waals surface area (Å²) in [4.78, 5) is 14.4. The fraction of sp³-hybridized carbons (Fsp3) is 0.750. The minimum atomic E-state index is -0.836. The lowest BCUT2D eigenvalue weighted by Gasteiger charge is -2.08. The largest absolute Gasteiger partial charge is 0.480 e. The van der Waals surface area contributed by atoms with Gasteiger partial charge in [-0.2, -0.15) is 0 Å². The molecule has 0 aromatic heterocycles. The molecular formula is C8H15NO2. The number of rotatable bonds is 4. The zero-order valence-corrected chi connectivity index (χ0v) is 7.24. The molecule has 1 atom stereocenters. The van der Waals surface area contributed by atoms with Gasteiger partial charge in [0, 0.05) is 0 Å². The fourth-order valence-corrected chi connectivity index (χ4v) is 0.852. The standard InChI is InChI=1S/C8H15NO2/c1-4-9-7(8(10)11)5-6(2)3/h4,6-7H,5H2,1-3H3,(H,10,11)/b9-4-. The van der Waals surface area contributed by atoms with E-state index in [0.29, 0.717) is 12.3 Å². The summed E-state index contributed by atoms with van der Waals surface area (Å²) in [5.74, 6) is -0.461. The lowest BCUT2D eigenvalue weighted by Crippen LogP contribution is -2.19. The molecule has 0 spiro atoms. The van der Waals surface area contributed by atoms with E-state index in [1.54, 1.807) is 13.1 Å². The number of hydrogen-bond donors (Lipinski definition) is 1. The van der Waals surface area contributed by atoms with Crippen molar-refractivity contribution in [3.8, 4) is 0 Å². The number of carbonyl (C=O) groups is 1. The van der Waals surface area contributed by atoms with Crippen LogP contribution in [0.3, 0.4) is 0 Å². The number of aliphatic imine (C=N–C) groups is 1. The first-order valence-corrected chi connectivity index (χ1v) is 3.78. The van der Waals surface area contributed by atoms with E-state index in [0.717, 1.165) is 0 Å². The van der Waals surface area contributed by atoms with E-state index in [9.17, 15) is 4.79 Å². The van der Waals surface area contributed by atoms with Crippen molar-refractivity contribution in [2.45, 2.75) is 33.2 Å². The van der Waals surface area contributed by atoms with Crippen molar-refractivity contribution >= 4 is 12.2 Å². The third-order valence-electron chi connectivity index (χ3n) is 1.31. The molecule has 0 saturated carbocycles. The van der Waals surface area contributed by atoms with Crippen LogP contribution < -0.4 is 0 Å². The van der Waals surface area contributed by atoms with Gasteiger partial charge in [0.15, 0.2) is 0 Å². The van der Waals surface area contributed by atoms with Crippen molar-refractivity contribution in [3.63, 3.8) is 0 Å². The second kappa shape index (κ2) is 4.88. The lowest BCUT2D eigenvalue weighted by atomic mass is 10.0. The van der Waals surface area contributed by atoms with Gasteiger partial charge in [-0.1, -0.05) is 13.8 Å².